The Hall–Kier alpha value is -0.910. The molecule has 0 aliphatic heterocycles. The van der Waals surface area contributed by atoms with Gasteiger partial charge in [0, 0.05) is 6.42 Å². The molecule has 0 spiro atoms. The first-order chi connectivity index (χ1) is 13.4. The Kier molecular flexibility index (Phi) is 12.7. The van der Waals surface area contributed by atoms with Crippen LogP contribution in [-0.2, 0) is 9.53 Å². The molecule has 0 aromatic carbocycles. The van der Waals surface area contributed by atoms with Crippen LogP contribution in [0.3, 0.4) is 0 Å². The van der Waals surface area contributed by atoms with Crippen molar-refractivity contribution in [2.24, 2.45) is 11.8 Å². The summed E-state index contributed by atoms with van der Waals surface area (Å²) in [5, 5.41) is 29.6. The van der Waals surface area contributed by atoms with E-state index in [1.807, 2.05) is 6.92 Å². The van der Waals surface area contributed by atoms with Crippen LogP contribution in [-0.4, -0.2) is 39.8 Å². The fourth-order valence-corrected chi connectivity index (χ4v) is 4.12. The predicted octanol–water partition coefficient (Wildman–Crippen LogP) is 5.05. The van der Waals surface area contributed by atoms with Crippen molar-refractivity contribution in [3.8, 4) is 0 Å². The van der Waals surface area contributed by atoms with Crippen molar-refractivity contribution in [3.63, 3.8) is 0 Å². The van der Waals surface area contributed by atoms with Gasteiger partial charge in [-0.1, -0.05) is 58.1 Å². The number of allylic oxidation sites excluding steroid dienone is 2. The number of hydrogen-bond donors (Lipinski definition) is 3. The van der Waals surface area contributed by atoms with Gasteiger partial charge in [0.15, 0.2) is 0 Å². The van der Waals surface area contributed by atoms with Gasteiger partial charge in [0.25, 0.3) is 5.79 Å². The Morgan fingerprint density at radius 1 is 1.07 bits per heavy atom. The van der Waals surface area contributed by atoms with Crippen LogP contribution in [0.15, 0.2) is 12.2 Å². The molecule has 0 radical (unpaired) electrons. The quantitative estimate of drug-likeness (QED) is 0.192. The summed E-state index contributed by atoms with van der Waals surface area (Å²) in [5.41, 5.74) is 0. The van der Waals surface area contributed by atoms with E-state index in [0.29, 0.717) is 24.7 Å². The highest BCUT2D eigenvalue weighted by molar-refractivity contribution is 5.75. The number of unbranched alkanes of at least 4 members (excludes halogenated alkanes) is 6. The number of rotatable bonds is 16. The summed E-state index contributed by atoms with van der Waals surface area (Å²) in [5.74, 6) is -2.60. The maximum absolute atomic E-state index is 11.3. The third kappa shape index (κ3) is 9.06. The number of carbonyl (C=O) groups is 1. The highest BCUT2D eigenvalue weighted by Crippen LogP contribution is 2.37. The minimum absolute atomic E-state index is 0.108. The number of aliphatic hydroxyl groups excluding tert-OH is 1. The number of ether oxygens (including phenoxy) is 1. The third-order valence-corrected chi connectivity index (χ3v) is 5.88. The van der Waals surface area contributed by atoms with Crippen LogP contribution in [0.25, 0.3) is 0 Å². The lowest BCUT2D eigenvalue weighted by Crippen LogP contribution is -2.41. The molecule has 1 aliphatic carbocycles. The molecule has 0 amide bonds. The molecular formula is C23H42O5. The van der Waals surface area contributed by atoms with E-state index in [1.165, 1.54) is 25.7 Å². The van der Waals surface area contributed by atoms with Gasteiger partial charge in [0.1, 0.15) is 0 Å². The SMILES string of the molecule is CCCCCCC=C[C@H]1CC[C@H](O)[C@@H]1CCCCCC(O)(OCCC)C(=O)O. The monoisotopic (exact) mass is 398 g/mol. The zero-order chi connectivity index (χ0) is 20.8. The highest BCUT2D eigenvalue weighted by Gasteiger charge is 2.36. The van der Waals surface area contributed by atoms with Gasteiger partial charge in [0.2, 0.25) is 0 Å². The van der Waals surface area contributed by atoms with Gasteiger partial charge in [-0.05, 0) is 56.8 Å². The second-order valence-corrected chi connectivity index (χ2v) is 8.29. The first kappa shape index (κ1) is 25.1. The summed E-state index contributed by atoms with van der Waals surface area (Å²) in [6.07, 6.45) is 16.7. The summed E-state index contributed by atoms with van der Waals surface area (Å²) in [4.78, 5) is 11.3. The van der Waals surface area contributed by atoms with Crippen LogP contribution in [0.4, 0.5) is 0 Å². The summed E-state index contributed by atoms with van der Waals surface area (Å²) >= 11 is 0. The van der Waals surface area contributed by atoms with Gasteiger partial charge in [-0.25, -0.2) is 4.79 Å². The van der Waals surface area contributed by atoms with Crippen LogP contribution in [0.5, 0.6) is 0 Å². The molecule has 5 nitrogen and oxygen atoms in total. The lowest BCUT2D eigenvalue weighted by atomic mass is 9.88. The van der Waals surface area contributed by atoms with Gasteiger partial charge >= 0.3 is 5.97 Å². The van der Waals surface area contributed by atoms with Gasteiger partial charge in [-0.2, -0.15) is 0 Å². The summed E-state index contributed by atoms with van der Waals surface area (Å²) in [6.45, 7) is 4.34. The molecule has 4 atom stereocenters. The first-order valence-electron chi connectivity index (χ1n) is 11.4. The average Bonchev–Trinajstić information content (AvgIpc) is 3.02. The fraction of sp³-hybridized carbons (Fsp3) is 0.870. The van der Waals surface area contributed by atoms with Gasteiger partial charge < -0.3 is 20.1 Å². The summed E-state index contributed by atoms with van der Waals surface area (Å²) < 4.78 is 5.14. The minimum Gasteiger partial charge on any atom is -0.477 e. The predicted molar refractivity (Wildman–Crippen MR) is 112 cm³/mol. The normalized spacial score (nSPS) is 24.6. The zero-order valence-electron chi connectivity index (χ0n) is 17.9. The molecule has 1 saturated carbocycles. The summed E-state index contributed by atoms with van der Waals surface area (Å²) in [6, 6.07) is 0. The molecule has 28 heavy (non-hydrogen) atoms. The van der Waals surface area contributed by atoms with Crippen molar-refractivity contribution in [1.82, 2.24) is 0 Å². The molecule has 0 bridgehead atoms. The molecule has 1 rings (SSSR count). The summed E-state index contributed by atoms with van der Waals surface area (Å²) in [7, 11) is 0. The molecule has 1 aliphatic rings. The van der Waals surface area contributed by atoms with Gasteiger partial charge in [-0.15, -0.1) is 0 Å². The van der Waals surface area contributed by atoms with Crippen molar-refractivity contribution in [2.45, 2.75) is 109 Å². The van der Waals surface area contributed by atoms with E-state index < -0.39 is 11.8 Å². The van der Waals surface area contributed by atoms with E-state index >= 15 is 0 Å². The Labute approximate surface area is 171 Å². The van der Waals surface area contributed by atoms with Crippen LogP contribution in [0.2, 0.25) is 0 Å². The van der Waals surface area contributed by atoms with E-state index in [4.69, 9.17) is 4.74 Å². The van der Waals surface area contributed by atoms with Crippen molar-refractivity contribution >= 4 is 5.97 Å². The maximum atomic E-state index is 11.3. The van der Waals surface area contributed by atoms with Crippen LogP contribution >= 0.6 is 0 Å². The Morgan fingerprint density at radius 3 is 2.50 bits per heavy atom. The minimum atomic E-state index is -2.06. The smallest absolute Gasteiger partial charge is 0.364 e. The van der Waals surface area contributed by atoms with Crippen molar-refractivity contribution in [2.75, 3.05) is 6.61 Å². The number of hydrogen-bond acceptors (Lipinski definition) is 4. The Bertz CT molecular complexity index is 450. The van der Waals surface area contributed by atoms with Crippen molar-refractivity contribution in [3.05, 3.63) is 12.2 Å². The fourth-order valence-electron chi connectivity index (χ4n) is 4.12. The molecule has 3 N–H and O–H groups in total. The molecular weight excluding hydrogens is 356 g/mol. The molecule has 5 heteroatoms. The Morgan fingerprint density at radius 2 is 1.82 bits per heavy atom. The molecule has 0 aromatic heterocycles. The lowest BCUT2D eigenvalue weighted by molar-refractivity contribution is -0.226. The van der Waals surface area contributed by atoms with E-state index in [-0.39, 0.29) is 19.1 Å². The number of carboxylic acids is 1. The molecule has 0 aromatic rings. The molecule has 0 saturated heterocycles. The first-order valence-corrected chi connectivity index (χ1v) is 11.4. The van der Waals surface area contributed by atoms with E-state index in [9.17, 15) is 20.1 Å². The molecule has 164 valence electrons. The largest absolute Gasteiger partial charge is 0.477 e. The molecule has 1 fully saturated rings. The second-order valence-electron chi connectivity index (χ2n) is 8.29. The average molecular weight is 399 g/mol. The van der Waals surface area contributed by atoms with E-state index in [0.717, 1.165) is 38.5 Å². The third-order valence-electron chi connectivity index (χ3n) is 5.88. The number of aliphatic hydroxyl groups is 2. The number of aliphatic carboxylic acids is 1. The van der Waals surface area contributed by atoms with Crippen LogP contribution in [0.1, 0.15) is 97.3 Å². The molecule has 0 heterocycles. The lowest BCUT2D eigenvalue weighted by Gasteiger charge is -2.24. The van der Waals surface area contributed by atoms with Crippen LogP contribution < -0.4 is 0 Å². The second kappa shape index (κ2) is 14.1. The topological polar surface area (TPSA) is 87.0 Å². The Balaban J connectivity index is 2.31. The zero-order valence-corrected chi connectivity index (χ0v) is 17.9. The number of carboxylic acid groups (broad SMARTS) is 1. The van der Waals surface area contributed by atoms with Gasteiger partial charge in [-0.3, -0.25) is 0 Å². The van der Waals surface area contributed by atoms with E-state index in [2.05, 4.69) is 19.1 Å². The standard InChI is InChI=1S/C23H42O5/c1-3-5-6-7-8-10-13-19-15-16-21(24)20(19)14-11-9-12-17-23(27,22(25)26)28-18-4-2/h10,13,19-21,24,27H,3-9,11-12,14-18H2,1-2H3,(H,25,26)/t19-,20+,21-,23?/m0/s1. The molecule has 1 unspecified atom stereocenters. The van der Waals surface area contributed by atoms with Gasteiger partial charge in [0.05, 0.1) is 12.7 Å². The van der Waals surface area contributed by atoms with Crippen molar-refractivity contribution < 1.29 is 24.9 Å². The van der Waals surface area contributed by atoms with E-state index in [1.54, 1.807) is 0 Å². The van der Waals surface area contributed by atoms with Crippen molar-refractivity contribution in [1.29, 1.82) is 0 Å². The highest BCUT2D eigenvalue weighted by atomic mass is 16.6. The maximum Gasteiger partial charge on any atom is 0.364 e. The van der Waals surface area contributed by atoms with Crippen LogP contribution in [0, 0.1) is 11.8 Å².